The monoisotopic (exact) mass is 272 g/mol. The first-order valence-corrected chi connectivity index (χ1v) is 7.08. The molecule has 0 aromatic carbocycles. The van der Waals surface area contributed by atoms with Crippen LogP contribution in [0.3, 0.4) is 0 Å². The summed E-state index contributed by atoms with van der Waals surface area (Å²) >= 11 is 0. The number of aromatic nitrogens is 3. The highest BCUT2D eigenvalue weighted by molar-refractivity contribution is 5.93. The lowest BCUT2D eigenvalue weighted by atomic mass is 10.1. The summed E-state index contributed by atoms with van der Waals surface area (Å²) in [5.41, 5.74) is 3.98. The van der Waals surface area contributed by atoms with Crippen molar-refractivity contribution in [3.05, 3.63) is 41.0 Å². The molecule has 0 saturated carbocycles. The van der Waals surface area contributed by atoms with Gasteiger partial charge in [-0.05, 0) is 38.5 Å². The van der Waals surface area contributed by atoms with Crippen molar-refractivity contribution in [3.63, 3.8) is 0 Å². The summed E-state index contributed by atoms with van der Waals surface area (Å²) in [5, 5.41) is 4.49. The number of H-pyrrole nitrogens is 1. The van der Waals surface area contributed by atoms with Gasteiger partial charge in [-0.2, -0.15) is 5.10 Å². The first-order valence-electron chi connectivity index (χ1n) is 7.08. The molecule has 2 aromatic heterocycles. The Labute approximate surface area is 118 Å². The number of hydrogen-bond donors (Lipinski definition) is 1. The van der Waals surface area contributed by atoms with E-state index >= 15 is 0 Å². The van der Waals surface area contributed by atoms with E-state index < -0.39 is 0 Å². The summed E-state index contributed by atoms with van der Waals surface area (Å²) in [4.78, 5) is 17.3. The number of hydrogen-bond acceptors (Lipinski definition) is 2. The van der Waals surface area contributed by atoms with Crippen molar-refractivity contribution in [2.75, 3.05) is 13.1 Å². The topological polar surface area (TPSA) is 53.9 Å². The predicted molar refractivity (Wildman–Crippen MR) is 76.8 cm³/mol. The van der Waals surface area contributed by atoms with E-state index in [0.717, 1.165) is 36.6 Å². The van der Waals surface area contributed by atoms with Crippen LogP contribution in [-0.4, -0.2) is 38.7 Å². The van der Waals surface area contributed by atoms with E-state index in [2.05, 4.69) is 30.0 Å². The standard InChI is InChI=1S/C15H20N4O/c1-4-12-5-6-14(16-12)15(20)18-8-13(9-18)19-11(3)7-10(2)17-19/h5-7,13,16H,4,8-9H2,1-3H3. The van der Waals surface area contributed by atoms with E-state index in [9.17, 15) is 4.79 Å². The fourth-order valence-corrected chi connectivity index (χ4v) is 2.73. The third-order valence-electron chi connectivity index (χ3n) is 3.90. The molecule has 5 nitrogen and oxygen atoms in total. The molecule has 0 unspecified atom stereocenters. The van der Waals surface area contributed by atoms with Crippen LogP contribution in [0.2, 0.25) is 0 Å². The SMILES string of the molecule is CCc1ccc(C(=O)N2CC(n3nc(C)cc3C)C2)[nH]1. The van der Waals surface area contributed by atoms with Crippen molar-refractivity contribution < 1.29 is 4.79 Å². The zero-order valence-electron chi connectivity index (χ0n) is 12.2. The second-order valence-corrected chi connectivity index (χ2v) is 5.49. The first kappa shape index (κ1) is 13.0. The summed E-state index contributed by atoms with van der Waals surface area (Å²) < 4.78 is 2.03. The Morgan fingerprint density at radius 2 is 2.15 bits per heavy atom. The molecule has 5 heteroatoms. The van der Waals surface area contributed by atoms with Gasteiger partial charge in [-0.3, -0.25) is 9.48 Å². The maximum atomic E-state index is 12.3. The highest BCUT2D eigenvalue weighted by Gasteiger charge is 2.34. The number of aryl methyl sites for hydroxylation is 3. The van der Waals surface area contributed by atoms with Crippen LogP contribution in [-0.2, 0) is 6.42 Å². The molecule has 3 heterocycles. The number of rotatable bonds is 3. The van der Waals surface area contributed by atoms with Gasteiger partial charge in [0.1, 0.15) is 5.69 Å². The van der Waals surface area contributed by atoms with Gasteiger partial charge in [0.15, 0.2) is 0 Å². The molecule has 0 aliphatic carbocycles. The van der Waals surface area contributed by atoms with Crippen LogP contribution in [0.5, 0.6) is 0 Å². The smallest absolute Gasteiger partial charge is 0.270 e. The molecule has 1 fully saturated rings. The molecular formula is C15H20N4O. The number of likely N-dealkylation sites (tertiary alicyclic amines) is 1. The third kappa shape index (κ3) is 2.13. The van der Waals surface area contributed by atoms with Gasteiger partial charge in [-0.1, -0.05) is 6.92 Å². The summed E-state index contributed by atoms with van der Waals surface area (Å²) in [6.45, 7) is 7.60. The number of nitrogens with zero attached hydrogens (tertiary/aromatic N) is 3. The highest BCUT2D eigenvalue weighted by Crippen LogP contribution is 2.24. The molecule has 0 radical (unpaired) electrons. The van der Waals surface area contributed by atoms with Crippen molar-refractivity contribution in [1.29, 1.82) is 0 Å². The summed E-state index contributed by atoms with van der Waals surface area (Å²) in [7, 11) is 0. The normalized spacial score (nSPS) is 15.4. The van der Waals surface area contributed by atoms with E-state index in [4.69, 9.17) is 0 Å². The van der Waals surface area contributed by atoms with Gasteiger partial charge in [0.05, 0.1) is 11.7 Å². The zero-order chi connectivity index (χ0) is 14.3. The van der Waals surface area contributed by atoms with E-state index in [0.29, 0.717) is 11.7 Å². The molecule has 1 amide bonds. The summed E-state index contributed by atoms with van der Waals surface area (Å²) in [6.07, 6.45) is 0.918. The molecule has 1 aliphatic rings. The summed E-state index contributed by atoms with van der Waals surface area (Å²) in [5.74, 6) is 0.0856. The van der Waals surface area contributed by atoms with E-state index in [1.54, 1.807) is 0 Å². The Bertz CT molecular complexity index is 634. The maximum absolute atomic E-state index is 12.3. The maximum Gasteiger partial charge on any atom is 0.270 e. The quantitative estimate of drug-likeness (QED) is 0.930. The Balaban J connectivity index is 1.65. The lowest BCUT2D eigenvalue weighted by Gasteiger charge is -2.39. The van der Waals surface area contributed by atoms with Crippen LogP contribution in [0.4, 0.5) is 0 Å². The minimum absolute atomic E-state index is 0.0856. The molecule has 0 bridgehead atoms. The van der Waals surface area contributed by atoms with Gasteiger partial charge in [-0.25, -0.2) is 0 Å². The molecule has 0 spiro atoms. The van der Waals surface area contributed by atoms with Crippen molar-refractivity contribution in [1.82, 2.24) is 19.7 Å². The second kappa shape index (κ2) is 4.81. The number of carbonyl (C=O) groups excluding carboxylic acids is 1. The lowest BCUT2D eigenvalue weighted by Crippen LogP contribution is -2.51. The molecule has 20 heavy (non-hydrogen) atoms. The molecule has 106 valence electrons. The van der Waals surface area contributed by atoms with Gasteiger partial charge >= 0.3 is 0 Å². The van der Waals surface area contributed by atoms with Crippen LogP contribution in [0.15, 0.2) is 18.2 Å². The van der Waals surface area contributed by atoms with Gasteiger partial charge in [-0.15, -0.1) is 0 Å². The molecule has 1 N–H and O–H groups in total. The average Bonchev–Trinajstić information content (AvgIpc) is 2.94. The van der Waals surface area contributed by atoms with Gasteiger partial charge in [0.25, 0.3) is 5.91 Å². The van der Waals surface area contributed by atoms with Crippen LogP contribution in [0.25, 0.3) is 0 Å². The van der Waals surface area contributed by atoms with Crippen LogP contribution < -0.4 is 0 Å². The third-order valence-corrected chi connectivity index (χ3v) is 3.90. The van der Waals surface area contributed by atoms with Crippen molar-refractivity contribution >= 4 is 5.91 Å². The Hall–Kier alpha value is -2.04. The Kier molecular flexibility index (Phi) is 3.12. The molecule has 0 atom stereocenters. The lowest BCUT2D eigenvalue weighted by molar-refractivity contribution is 0.0492. The molecule has 2 aromatic rings. The fourth-order valence-electron chi connectivity index (χ4n) is 2.73. The van der Waals surface area contributed by atoms with E-state index in [-0.39, 0.29) is 5.91 Å². The fraction of sp³-hybridized carbons (Fsp3) is 0.467. The van der Waals surface area contributed by atoms with Crippen LogP contribution >= 0.6 is 0 Å². The average molecular weight is 272 g/mol. The summed E-state index contributed by atoms with van der Waals surface area (Å²) in [6, 6.07) is 6.24. The predicted octanol–water partition coefficient (Wildman–Crippen LogP) is 2.09. The van der Waals surface area contributed by atoms with Gasteiger partial charge in [0, 0.05) is 24.5 Å². The Morgan fingerprint density at radius 1 is 1.40 bits per heavy atom. The Morgan fingerprint density at radius 3 is 2.70 bits per heavy atom. The van der Waals surface area contributed by atoms with Gasteiger partial charge in [0.2, 0.25) is 0 Å². The minimum atomic E-state index is 0.0856. The molecular weight excluding hydrogens is 252 g/mol. The molecule has 1 aliphatic heterocycles. The number of carbonyl (C=O) groups is 1. The largest absolute Gasteiger partial charge is 0.354 e. The van der Waals surface area contributed by atoms with Gasteiger partial charge < -0.3 is 9.88 Å². The van der Waals surface area contributed by atoms with Crippen molar-refractivity contribution in [3.8, 4) is 0 Å². The van der Waals surface area contributed by atoms with Crippen molar-refractivity contribution in [2.24, 2.45) is 0 Å². The van der Waals surface area contributed by atoms with Crippen LogP contribution in [0.1, 0.15) is 40.5 Å². The first-order chi connectivity index (χ1) is 9.58. The van der Waals surface area contributed by atoms with Crippen molar-refractivity contribution in [2.45, 2.75) is 33.2 Å². The van der Waals surface area contributed by atoms with E-state index in [1.165, 1.54) is 0 Å². The number of amides is 1. The van der Waals surface area contributed by atoms with Crippen LogP contribution in [0, 0.1) is 13.8 Å². The molecule has 3 rings (SSSR count). The highest BCUT2D eigenvalue weighted by atomic mass is 16.2. The number of nitrogens with one attached hydrogen (secondary N) is 1. The second-order valence-electron chi connectivity index (χ2n) is 5.49. The van der Waals surface area contributed by atoms with E-state index in [1.807, 2.05) is 28.6 Å². The number of aromatic amines is 1. The minimum Gasteiger partial charge on any atom is -0.354 e. The molecule has 1 saturated heterocycles. The zero-order valence-corrected chi connectivity index (χ0v) is 12.2.